The summed E-state index contributed by atoms with van der Waals surface area (Å²) in [6.45, 7) is 6.67. The van der Waals surface area contributed by atoms with Crippen molar-refractivity contribution in [3.8, 4) is 0 Å². The van der Waals surface area contributed by atoms with Gasteiger partial charge in [0.25, 0.3) is 5.91 Å². The molecule has 1 aromatic carbocycles. The van der Waals surface area contributed by atoms with E-state index in [0.29, 0.717) is 19.3 Å². The zero-order valence-electron chi connectivity index (χ0n) is 24.1. The third-order valence-corrected chi connectivity index (χ3v) is 8.63. The number of hydrogen-bond donors (Lipinski definition) is 1. The second-order valence-corrected chi connectivity index (χ2v) is 10.6. The Morgan fingerprint density at radius 3 is 1.63 bits per heavy atom. The van der Waals surface area contributed by atoms with E-state index < -0.39 is 64.4 Å². The highest BCUT2D eigenvalue weighted by molar-refractivity contribution is 5.99. The Labute approximate surface area is 240 Å². The molecular weight excluding hydrogens is 530 g/mol. The van der Waals surface area contributed by atoms with E-state index in [0.717, 1.165) is 12.0 Å². The van der Waals surface area contributed by atoms with E-state index in [9.17, 15) is 24.0 Å². The monoisotopic (exact) mass is 569 g/mol. The molecule has 0 radical (unpaired) electrons. The molecule has 0 heterocycles. The van der Waals surface area contributed by atoms with Crippen LogP contribution in [0.25, 0.3) is 0 Å². The topological polar surface area (TPSA) is 134 Å². The lowest BCUT2D eigenvalue weighted by molar-refractivity contribution is -0.204. The SMILES string of the molecule is CCOC(=O)[C@@H]1[C@@H](C(=O)OCC)C23CCCCC2=CC1(NC(=O)c1ccccc1)[C@@H](C(=O)OCC)[C@@H]3C(=O)OCC. The highest BCUT2D eigenvalue weighted by Gasteiger charge is 2.77. The second-order valence-electron chi connectivity index (χ2n) is 10.6. The van der Waals surface area contributed by atoms with Crippen LogP contribution in [-0.4, -0.2) is 61.8 Å². The minimum absolute atomic E-state index is 0.00252. The van der Waals surface area contributed by atoms with Gasteiger partial charge >= 0.3 is 23.9 Å². The number of nitrogens with one attached hydrogen (secondary N) is 1. The van der Waals surface area contributed by atoms with Crippen molar-refractivity contribution in [1.82, 2.24) is 5.32 Å². The van der Waals surface area contributed by atoms with Gasteiger partial charge in [0.15, 0.2) is 0 Å². The van der Waals surface area contributed by atoms with Gasteiger partial charge in [-0.3, -0.25) is 24.0 Å². The summed E-state index contributed by atoms with van der Waals surface area (Å²) in [7, 11) is 0. The van der Waals surface area contributed by atoms with Gasteiger partial charge in [-0.05, 0) is 59.1 Å². The van der Waals surface area contributed by atoms with Crippen LogP contribution in [0.4, 0.5) is 0 Å². The van der Waals surface area contributed by atoms with Crippen molar-refractivity contribution < 1.29 is 42.9 Å². The molecule has 5 rings (SSSR count). The molecule has 4 aliphatic rings. The largest absolute Gasteiger partial charge is 0.466 e. The lowest BCUT2D eigenvalue weighted by atomic mass is 9.38. The van der Waals surface area contributed by atoms with E-state index in [1.807, 2.05) is 0 Å². The fraction of sp³-hybridized carbons (Fsp3) is 0.581. The van der Waals surface area contributed by atoms with Crippen LogP contribution in [0.1, 0.15) is 63.7 Å². The van der Waals surface area contributed by atoms with Crippen molar-refractivity contribution in [2.45, 2.75) is 58.9 Å². The Hall–Kier alpha value is -3.69. The highest BCUT2D eigenvalue weighted by Crippen LogP contribution is 2.68. The molecule has 4 aliphatic carbocycles. The summed E-state index contributed by atoms with van der Waals surface area (Å²) in [6.07, 6.45) is 4.02. The Morgan fingerprint density at radius 1 is 0.707 bits per heavy atom. The molecule has 1 amide bonds. The number of allylic oxidation sites excluding steroid dienone is 1. The molecule has 41 heavy (non-hydrogen) atoms. The average Bonchev–Trinajstić information content (AvgIpc) is 2.96. The summed E-state index contributed by atoms with van der Waals surface area (Å²) in [5.41, 5.74) is -2.09. The van der Waals surface area contributed by atoms with Crippen molar-refractivity contribution >= 4 is 29.8 Å². The lowest BCUT2D eigenvalue weighted by Gasteiger charge is -2.65. The summed E-state index contributed by atoms with van der Waals surface area (Å²) in [4.78, 5) is 69.6. The van der Waals surface area contributed by atoms with Crippen molar-refractivity contribution in [3.63, 3.8) is 0 Å². The number of benzene rings is 1. The summed E-state index contributed by atoms with van der Waals surface area (Å²) < 4.78 is 22.1. The molecule has 0 aliphatic heterocycles. The Bertz CT molecular complexity index is 1160. The molecule has 10 nitrogen and oxygen atoms in total. The predicted molar refractivity (Wildman–Crippen MR) is 146 cm³/mol. The average molecular weight is 570 g/mol. The number of ether oxygens (including phenoxy) is 4. The van der Waals surface area contributed by atoms with Gasteiger partial charge < -0.3 is 24.3 Å². The molecule has 1 aromatic rings. The molecular formula is C31H39NO9. The maximum atomic E-state index is 14.0. The fourth-order valence-electron chi connectivity index (χ4n) is 7.38. The fourth-order valence-corrected chi connectivity index (χ4v) is 7.38. The standard InChI is InChI=1S/C31H39NO9/c1-5-38-26(34)21-23(28(36)40-7-3)31(32-25(33)19-14-10-9-11-15-19)18-20-16-12-13-17-30(20,21)22(27(35)39-6-2)24(31)29(37)41-8-4/h9-11,14-15,18,21-24H,5-8,12-13,16-17H2,1-4H3,(H,32,33)/t21-,22+,23-,24+,30?,31?. The van der Waals surface area contributed by atoms with Crippen molar-refractivity contribution in [1.29, 1.82) is 0 Å². The summed E-state index contributed by atoms with van der Waals surface area (Å²) >= 11 is 0. The lowest BCUT2D eigenvalue weighted by Crippen LogP contribution is -2.77. The molecule has 2 bridgehead atoms. The van der Waals surface area contributed by atoms with E-state index in [4.69, 9.17) is 18.9 Å². The molecule has 2 unspecified atom stereocenters. The number of carbonyl (C=O) groups is 5. The molecule has 2 saturated carbocycles. The third-order valence-electron chi connectivity index (χ3n) is 8.63. The molecule has 2 fully saturated rings. The maximum Gasteiger partial charge on any atom is 0.312 e. The van der Waals surface area contributed by atoms with Gasteiger partial charge in [0, 0.05) is 11.0 Å². The van der Waals surface area contributed by atoms with Crippen LogP contribution in [-0.2, 0) is 38.1 Å². The number of hydrogen-bond acceptors (Lipinski definition) is 9. The van der Waals surface area contributed by atoms with Crippen LogP contribution in [0.15, 0.2) is 42.0 Å². The molecule has 0 saturated heterocycles. The van der Waals surface area contributed by atoms with Crippen LogP contribution >= 0.6 is 0 Å². The highest BCUT2D eigenvalue weighted by atomic mass is 16.5. The van der Waals surface area contributed by atoms with E-state index in [-0.39, 0.29) is 32.0 Å². The summed E-state index contributed by atoms with van der Waals surface area (Å²) in [5.74, 6) is -8.64. The zero-order chi connectivity index (χ0) is 29.8. The summed E-state index contributed by atoms with van der Waals surface area (Å²) in [6, 6.07) is 8.33. The normalized spacial score (nSPS) is 29.8. The quantitative estimate of drug-likeness (QED) is 0.256. The van der Waals surface area contributed by atoms with Gasteiger partial charge in [-0.1, -0.05) is 36.3 Å². The van der Waals surface area contributed by atoms with Crippen LogP contribution in [0.3, 0.4) is 0 Å². The van der Waals surface area contributed by atoms with E-state index in [1.54, 1.807) is 64.1 Å². The van der Waals surface area contributed by atoms with Gasteiger partial charge in [-0.2, -0.15) is 0 Å². The van der Waals surface area contributed by atoms with E-state index in [1.165, 1.54) is 0 Å². The van der Waals surface area contributed by atoms with E-state index in [2.05, 4.69) is 5.32 Å². The number of rotatable bonds is 10. The smallest absolute Gasteiger partial charge is 0.312 e. The minimum atomic E-state index is -1.84. The number of esters is 4. The van der Waals surface area contributed by atoms with Crippen LogP contribution in [0.5, 0.6) is 0 Å². The van der Waals surface area contributed by atoms with Crippen molar-refractivity contribution in [3.05, 3.63) is 47.5 Å². The first kappa shape index (κ1) is 30.3. The third kappa shape index (κ3) is 5.02. The van der Waals surface area contributed by atoms with Gasteiger partial charge in [0.2, 0.25) is 0 Å². The molecule has 6 atom stereocenters. The number of fused-ring (bicyclic) bond motifs is 2. The Balaban J connectivity index is 2.08. The first-order valence-electron chi connectivity index (χ1n) is 14.5. The summed E-state index contributed by atoms with van der Waals surface area (Å²) in [5, 5.41) is 2.97. The van der Waals surface area contributed by atoms with Crippen LogP contribution < -0.4 is 5.32 Å². The predicted octanol–water partition coefficient (Wildman–Crippen LogP) is 3.39. The first-order chi connectivity index (χ1) is 19.7. The van der Waals surface area contributed by atoms with Crippen LogP contribution in [0, 0.1) is 29.1 Å². The maximum absolute atomic E-state index is 14.0. The van der Waals surface area contributed by atoms with Crippen LogP contribution in [0.2, 0.25) is 0 Å². The Morgan fingerprint density at radius 2 is 1.17 bits per heavy atom. The zero-order valence-corrected chi connectivity index (χ0v) is 24.1. The molecule has 1 N–H and O–H groups in total. The van der Waals surface area contributed by atoms with Crippen molar-refractivity contribution in [2.24, 2.45) is 29.1 Å². The molecule has 222 valence electrons. The van der Waals surface area contributed by atoms with E-state index >= 15 is 0 Å². The minimum Gasteiger partial charge on any atom is -0.466 e. The van der Waals surface area contributed by atoms with Gasteiger partial charge in [-0.15, -0.1) is 0 Å². The molecule has 10 heteroatoms. The molecule has 1 spiro atoms. The number of carbonyl (C=O) groups excluding carboxylic acids is 5. The Kier molecular flexibility index (Phi) is 9.19. The van der Waals surface area contributed by atoms with Gasteiger partial charge in [0.1, 0.15) is 0 Å². The second kappa shape index (κ2) is 12.4. The molecule has 0 aromatic heterocycles. The van der Waals surface area contributed by atoms with Gasteiger partial charge in [0.05, 0.1) is 55.6 Å². The first-order valence-corrected chi connectivity index (χ1v) is 14.5. The number of amides is 1. The van der Waals surface area contributed by atoms with Gasteiger partial charge in [-0.25, -0.2) is 0 Å². The van der Waals surface area contributed by atoms with Crippen molar-refractivity contribution in [2.75, 3.05) is 26.4 Å².